The molecule has 2 heteroatoms. The Morgan fingerprint density at radius 1 is 1.33 bits per heavy atom. The van der Waals surface area contributed by atoms with Gasteiger partial charge in [-0.1, -0.05) is 13.3 Å². The lowest BCUT2D eigenvalue weighted by Gasteiger charge is -2.37. The molecule has 0 aromatic rings. The van der Waals surface area contributed by atoms with Gasteiger partial charge in [-0.3, -0.25) is 4.90 Å². The molecule has 12 heavy (non-hydrogen) atoms. The predicted molar refractivity (Wildman–Crippen MR) is 51.2 cm³/mol. The summed E-state index contributed by atoms with van der Waals surface area (Å²) in [6.45, 7) is 7.35. The van der Waals surface area contributed by atoms with Crippen molar-refractivity contribution < 1.29 is 0 Å². The lowest BCUT2D eigenvalue weighted by atomic mass is 9.91. The van der Waals surface area contributed by atoms with Crippen LogP contribution in [0.3, 0.4) is 0 Å². The zero-order chi connectivity index (χ0) is 8.39. The molecule has 1 saturated carbocycles. The molecule has 1 aliphatic heterocycles. The Kier molecular flexibility index (Phi) is 2.66. The molecule has 1 atom stereocenters. The van der Waals surface area contributed by atoms with Crippen molar-refractivity contribution in [2.45, 2.75) is 32.2 Å². The maximum Gasteiger partial charge on any atom is 0.0110 e. The van der Waals surface area contributed by atoms with Crippen LogP contribution in [-0.2, 0) is 0 Å². The van der Waals surface area contributed by atoms with Crippen molar-refractivity contribution in [1.29, 1.82) is 0 Å². The molecule has 2 fully saturated rings. The van der Waals surface area contributed by atoms with E-state index in [2.05, 4.69) is 17.1 Å². The summed E-state index contributed by atoms with van der Waals surface area (Å²) in [6, 6.07) is 0.937. The Balaban J connectivity index is 1.85. The first-order valence-electron chi connectivity index (χ1n) is 5.31. The summed E-state index contributed by atoms with van der Waals surface area (Å²) in [5, 5.41) is 3.49. The molecule has 1 heterocycles. The summed E-state index contributed by atoms with van der Waals surface area (Å²) in [4.78, 5) is 2.69. The van der Waals surface area contributed by atoms with Crippen molar-refractivity contribution in [3.05, 3.63) is 0 Å². The predicted octanol–water partition coefficient (Wildman–Crippen LogP) is 1.08. The van der Waals surface area contributed by atoms with Gasteiger partial charge in [-0.25, -0.2) is 0 Å². The van der Waals surface area contributed by atoms with Gasteiger partial charge in [0, 0.05) is 25.7 Å². The Bertz CT molecular complexity index is 143. The smallest absolute Gasteiger partial charge is 0.0110 e. The van der Waals surface area contributed by atoms with Crippen molar-refractivity contribution in [3.63, 3.8) is 0 Å². The first-order chi connectivity index (χ1) is 5.86. The van der Waals surface area contributed by atoms with E-state index in [4.69, 9.17) is 0 Å². The summed E-state index contributed by atoms with van der Waals surface area (Å²) < 4.78 is 0. The van der Waals surface area contributed by atoms with Gasteiger partial charge in [-0.05, 0) is 25.3 Å². The summed E-state index contributed by atoms with van der Waals surface area (Å²) >= 11 is 0. The normalized spacial score (nSPS) is 34.2. The standard InChI is InChI=1S/C10H20N2/c1-9-7-11-5-6-12(8-9)10-3-2-4-10/h9-11H,2-8H2,1H3/t9-/m0/s1. The summed E-state index contributed by atoms with van der Waals surface area (Å²) in [5.41, 5.74) is 0. The summed E-state index contributed by atoms with van der Waals surface area (Å²) in [7, 11) is 0. The number of rotatable bonds is 1. The lowest BCUT2D eigenvalue weighted by Crippen LogP contribution is -2.43. The van der Waals surface area contributed by atoms with Gasteiger partial charge < -0.3 is 5.32 Å². The van der Waals surface area contributed by atoms with Crippen LogP contribution < -0.4 is 5.32 Å². The van der Waals surface area contributed by atoms with E-state index >= 15 is 0 Å². The highest BCUT2D eigenvalue weighted by Gasteiger charge is 2.26. The molecule has 0 spiro atoms. The maximum atomic E-state index is 3.49. The molecule has 0 bridgehead atoms. The van der Waals surface area contributed by atoms with Crippen LogP contribution in [0.4, 0.5) is 0 Å². The van der Waals surface area contributed by atoms with Crippen LogP contribution in [0.5, 0.6) is 0 Å². The van der Waals surface area contributed by atoms with Crippen molar-refractivity contribution in [1.82, 2.24) is 10.2 Å². The molecule has 1 N–H and O–H groups in total. The van der Waals surface area contributed by atoms with E-state index < -0.39 is 0 Å². The van der Waals surface area contributed by atoms with Crippen LogP contribution in [-0.4, -0.2) is 37.1 Å². The van der Waals surface area contributed by atoms with Gasteiger partial charge in [-0.2, -0.15) is 0 Å². The van der Waals surface area contributed by atoms with Crippen LogP contribution in [0.15, 0.2) is 0 Å². The number of hydrogen-bond acceptors (Lipinski definition) is 2. The quantitative estimate of drug-likeness (QED) is 0.630. The minimum absolute atomic E-state index is 0.841. The molecular formula is C10H20N2. The van der Waals surface area contributed by atoms with E-state index in [0.29, 0.717) is 0 Å². The van der Waals surface area contributed by atoms with Crippen LogP contribution in [0.2, 0.25) is 0 Å². The monoisotopic (exact) mass is 168 g/mol. The van der Waals surface area contributed by atoms with Crippen LogP contribution in [0.1, 0.15) is 26.2 Å². The minimum atomic E-state index is 0.841. The molecule has 0 radical (unpaired) electrons. The zero-order valence-corrected chi connectivity index (χ0v) is 8.05. The Morgan fingerprint density at radius 2 is 2.17 bits per heavy atom. The number of nitrogens with zero attached hydrogens (tertiary/aromatic N) is 1. The molecule has 2 nitrogen and oxygen atoms in total. The molecule has 1 aliphatic carbocycles. The third kappa shape index (κ3) is 1.80. The molecule has 2 rings (SSSR count). The van der Waals surface area contributed by atoms with Gasteiger partial charge in [0.1, 0.15) is 0 Å². The highest BCUT2D eigenvalue weighted by Crippen LogP contribution is 2.25. The maximum absolute atomic E-state index is 3.49. The molecule has 70 valence electrons. The average molecular weight is 168 g/mol. The van der Waals surface area contributed by atoms with E-state index in [1.165, 1.54) is 45.4 Å². The molecule has 0 aromatic carbocycles. The second-order valence-corrected chi connectivity index (χ2v) is 4.39. The first kappa shape index (κ1) is 8.52. The average Bonchev–Trinajstić information content (AvgIpc) is 2.10. The van der Waals surface area contributed by atoms with E-state index in [-0.39, 0.29) is 0 Å². The molecule has 0 aromatic heterocycles. The fraction of sp³-hybridized carbons (Fsp3) is 1.00. The second kappa shape index (κ2) is 3.75. The molecule has 2 aliphatic rings. The Labute approximate surface area is 75.3 Å². The topological polar surface area (TPSA) is 15.3 Å². The van der Waals surface area contributed by atoms with Gasteiger partial charge in [-0.15, -0.1) is 0 Å². The van der Waals surface area contributed by atoms with Crippen LogP contribution in [0.25, 0.3) is 0 Å². The van der Waals surface area contributed by atoms with Gasteiger partial charge in [0.25, 0.3) is 0 Å². The third-order valence-corrected chi connectivity index (χ3v) is 3.21. The molecule has 0 unspecified atom stereocenters. The minimum Gasteiger partial charge on any atom is -0.315 e. The third-order valence-electron chi connectivity index (χ3n) is 3.21. The van der Waals surface area contributed by atoms with Crippen molar-refractivity contribution >= 4 is 0 Å². The van der Waals surface area contributed by atoms with E-state index in [1.807, 2.05) is 0 Å². The van der Waals surface area contributed by atoms with Crippen molar-refractivity contribution in [2.24, 2.45) is 5.92 Å². The zero-order valence-electron chi connectivity index (χ0n) is 8.05. The number of nitrogens with one attached hydrogen (secondary N) is 1. The highest BCUT2D eigenvalue weighted by atomic mass is 15.2. The van der Waals surface area contributed by atoms with Gasteiger partial charge in [0.15, 0.2) is 0 Å². The van der Waals surface area contributed by atoms with Crippen molar-refractivity contribution in [3.8, 4) is 0 Å². The van der Waals surface area contributed by atoms with Gasteiger partial charge in [0.2, 0.25) is 0 Å². The van der Waals surface area contributed by atoms with E-state index in [1.54, 1.807) is 0 Å². The fourth-order valence-corrected chi connectivity index (χ4v) is 2.21. The van der Waals surface area contributed by atoms with Crippen molar-refractivity contribution in [2.75, 3.05) is 26.2 Å². The second-order valence-electron chi connectivity index (χ2n) is 4.39. The molecular weight excluding hydrogens is 148 g/mol. The summed E-state index contributed by atoms with van der Waals surface area (Å²) in [5.74, 6) is 0.841. The largest absolute Gasteiger partial charge is 0.315 e. The highest BCUT2D eigenvalue weighted by molar-refractivity contribution is 4.83. The number of hydrogen-bond donors (Lipinski definition) is 1. The van der Waals surface area contributed by atoms with E-state index in [0.717, 1.165) is 12.0 Å². The molecule has 0 amide bonds. The van der Waals surface area contributed by atoms with Crippen LogP contribution in [0, 0.1) is 5.92 Å². The van der Waals surface area contributed by atoms with E-state index in [9.17, 15) is 0 Å². The van der Waals surface area contributed by atoms with Gasteiger partial charge in [0.05, 0.1) is 0 Å². The van der Waals surface area contributed by atoms with Gasteiger partial charge >= 0.3 is 0 Å². The SMILES string of the molecule is C[C@H]1CNCCN(C2CCC2)C1. The fourth-order valence-electron chi connectivity index (χ4n) is 2.21. The summed E-state index contributed by atoms with van der Waals surface area (Å²) in [6.07, 6.45) is 4.36. The molecule has 1 saturated heterocycles. The lowest BCUT2D eigenvalue weighted by molar-refractivity contribution is 0.123. The Morgan fingerprint density at radius 3 is 2.83 bits per heavy atom. The first-order valence-corrected chi connectivity index (χ1v) is 5.31. The Hall–Kier alpha value is -0.0800. The van der Waals surface area contributed by atoms with Crippen LogP contribution >= 0.6 is 0 Å².